The summed E-state index contributed by atoms with van der Waals surface area (Å²) in [5.74, 6) is 1.02. The van der Waals surface area contributed by atoms with Crippen LogP contribution in [0.15, 0.2) is 46.3 Å². The van der Waals surface area contributed by atoms with Gasteiger partial charge < -0.3 is 19.9 Å². The van der Waals surface area contributed by atoms with Gasteiger partial charge in [0, 0.05) is 41.8 Å². The molecule has 2 aliphatic heterocycles. The van der Waals surface area contributed by atoms with Gasteiger partial charge in [-0.25, -0.2) is 9.78 Å². The van der Waals surface area contributed by atoms with Crippen LogP contribution in [-0.4, -0.2) is 53.8 Å². The maximum Gasteiger partial charge on any atom is 0.410 e. The lowest BCUT2D eigenvalue weighted by Crippen LogP contribution is -2.38. The number of amides is 1. The van der Waals surface area contributed by atoms with E-state index in [1.807, 2.05) is 50.1 Å². The largest absolute Gasteiger partial charge is 0.444 e. The quantitative estimate of drug-likeness (QED) is 0.475. The summed E-state index contributed by atoms with van der Waals surface area (Å²) in [5.41, 5.74) is 0.697. The summed E-state index contributed by atoms with van der Waals surface area (Å²) in [4.78, 5) is 23.4. The average molecular weight is 489 g/mol. The number of likely N-dealkylation sites (tertiary alicyclic amines) is 1. The van der Waals surface area contributed by atoms with Gasteiger partial charge >= 0.3 is 6.09 Å². The molecule has 178 valence electrons. The molecule has 4 rings (SSSR count). The van der Waals surface area contributed by atoms with Gasteiger partial charge in [0.05, 0.1) is 10.6 Å². The summed E-state index contributed by atoms with van der Waals surface area (Å²) in [6.07, 6.45) is 5.92. The Hall–Kier alpha value is -1.96. The van der Waals surface area contributed by atoms with Gasteiger partial charge in [-0.15, -0.1) is 0 Å². The van der Waals surface area contributed by atoms with E-state index in [-0.39, 0.29) is 6.09 Å². The number of hydrogen-bond donors (Lipinski definition) is 1. The van der Waals surface area contributed by atoms with Crippen molar-refractivity contribution in [1.29, 1.82) is 0 Å². The Kier molecular flexibility index (Phi) is 7.72. The van der Waals surface area contributed by atoms with Crippen molar-refractivity contribution in [3.05, 3.63) is 41.6 Å². The first-order valence-corrected chi connectivity index (χ1v) is 12.9. The molecule has 2 aromatic rings. The standard InChI is InChI=1S/C25H33ClN4O2S/c1-25(2,3)32-24(31)29-15-11-19(17-29)27-12-5-4-6-14-30-20-16-18(26)9-10-21(20)33-22-8-7-13-28-23(22)30/h7-10,13,16,19,27H,4-6,11-12,14-15,17H2,1-3H3. The lowest BCUT2D eigenvalue weighted by Gasteiger charge is -2.31. The monoisotopic (exact) mass is 488 g/mol. The molecule has 1 saturated heterocycles. The molecule has 1 atom stereocenters. The van der Waals surface area contributed by atoms with Crippen molar-refractivity contribution in [3.63, 3.8) is 0 Å². The van der Waals surface area contributed by atoms with Crippen molar-refractivity contribution >= 4 is 41.0 Å². The molecule has 33 heavy (non-hydrogen) atoms. The number of nitrogens with one attached hydrogen (secondary N) is 1. The van der Waals surface area contributed by atoms with Crippen molar-refractivity contribution < 1.29 is 9.53 Å². The molecule has 6 nitrogen and oxygen atoms in total. The summed E-state index contributed by atoms with van der Waals surface area (Å²) in [5, 5.41) is 4.36. The Morgan fingerprint density at radius 2 is 2.09 bits per heavy atom. The number of fused-ring (bicyclic) bond motifs is 2. The number of anilines is 2. The van der Waals surface area contributed by atoms with Crippen LogP contribution in [-0.2, 0) is 4.74 Å². The first kappa shape index (κ1) is 24.2. The molecule has 1 amide bonds. The maximum absolute atomic E-state index is 12.2. The molecule has 1 aromatic heterocycles. The zero-order valence-corrected chi connectivity index (χ0v) is 21.2. The van der Waals surface area contributed by atoms with E-state index in [4.69, 9.17) is 16.3 Å². The van der Waals surface area contributed by atoms with Crippen molar-refractivity contribution in [2.24, 2.45) is 0 Å². The number of hydrogen-bond acceptors (Lipinski definition) is 6. The van der Waals surface area contributed by atoms with Crippen molar-refractivity contribution in [1.82, 2.24) is 15.2 Å². The summed E-state index contributed by atoms with van der Waals surface area (Å²) >= 11 is 8.05. The van der Waals surface area contributed by atoms with Crippen LogP contribution in [0, 0.1) is 0 Å². The number of pyridine rings is 1. The molecule has 0 saturated carbocycles. The number of carbonyl (C=O) groups is 1. The van der Waals surface area contributed by atoms with E-state index in [1.165, 1.54) is 9.79 Å². The molecular formula is C25H33ClN4O2S. The van der Waals surface area contributed by atoms with E-state index in [1.54, 1.807) is 11.8 Å². The molecule has 1 unspecified atom stereocenters. The van der Waals surface area contributed by atoms with Crippen LogP contribution in [0.2, 0.25) is 5.02 Å². The van der Waals surface area contributed by atoms with Gasteiger partial charge in [0.15, 0.2) is 0 Å². The maximum atomic E-state index is 12.2. The van der Waals surface area contributed by atoms with Gasteiger partial charge in [-0.2, -0.15) is 0 Å². The second-order valence-corrected chi connectivity index (χ2v) is 11.1. The van der Waals surface area contributed by atoms with Crippen LogP contribution in [0.25, 0.3) is 0 Å². The normalized spacial score (nSPS) is 17.6. The van der Waals surface area contributed by atoms with Gasteiger partial charge in [0.25, 0.3) is 0 Å². The van der Waals surface area contributed by atoms with Crippen LogP contribution in [0.4, 0.5) is 16.3 Å². The van der Waals surface area contributed by atoms with E-state index in [9.17, 15) is 4.79 Å². The Morgan fingerprint density at radius 1 is 1.24 bits per heavy atom. The molecule has 3 heterocycles. The fourth-order valence-electron chi connectivity index (χ4n) is 4.21. The third-order valence-corrected chi connectivity index (χ3v) is 7.11. The average Bonchev–Trinajstić information content (AvgIpc) is 3.24. The van der Waals surface area contributed by atoms with E-state index in [0.717, 1.165) is 68.4 Å². The fourth-order valence-corrected chi connectivity index (χ4v) is 5.42. The number of rotatable bonds is 7. The Morgan fingerprint density at radius 3 is 2.91 bits per heavy atom. The van der Waals surface area contributed by atoms with Crippen LogP contribution >= 0.6 is 23.4 Å². The first-order valence-electron chi connectivity index (χ1n) is 11.7. The van der Waals surface area contributed by atoms with Crippen molar-refractivity contribution in [2.75, 3.05) is 31.1 Å². The second kappa shape index (κ2) is 10.5. The number of ether oxygens (including phenoxy) is 1. The zero-order chi connectivity index (χ0) is 23.4. The minimum absolute atomic E-state index is 0.208. The smallest absolute Gasteiger partial charge is 0.410 e. The lowest BCUT2D eigenvalue weighted by molar-refractivity contribution is 0.0291. The highest BCUT2D eigenvalue weighted by Gasteiger charge is 2.29. The molecular weight excluding hydrogens is 456 g/mol. The Bertz CT molecular complexity index is 981. The predicted molar refractivity (Wildman–Crippen MR) is 135 cm³/mol. The summed E-state index contributed by atoms with van der Waals surface area (Å²) in [7, 11) is 0. The number of carbonyl (C=O) groups excluding carboxylic acids is 1. The lowest BCUT2D eigenvalue weighted by atomic mass is 10.2. The number of nitrogens with zero attached hydrogens (tertiary/aromatic N) is 3. The Labute approximate surface area is 206 Å². The number of benzene rings is 1. The van der Waals surface area contributed by atoms with E-state index in [0.29, 0.717) is 6.04 Å². The van der Waals surface area contributed by atoms with E-state index in [2.05, 4.69) is 27.3 Å². The fraction of sp³-hybridized carbons (Fsp3) is 0.520. The Balaban J connectivity index is 1.22. The van der Waals surface area contributed by atoms with Gasteiger partial charge in [0.1, 0.15) is 11.4 Å². The highest BCUT2D eigenvalue weighted by Crippen LogP contribution is 2.47. The molecule has 8 heteroatoms. The molecule has 0 spiro atoms. The highest BCUT2D eigenvalue weighted by molar-refractivity contribution is 7.99. The molecule has 0 aliphatic carbocycles. The zero-order valence-electron chi connectivity index (χ0n) is 19.6. The van der Waals surface area contributed by atoms with Crippen LogP contribution in [0.1, 0.15) is 46.5 Å². The second-order valence-electron chi connectivity index (χ2n) is 9.62. The van der Waals surface area contributed by atoms with Crippen molar-refractivity contribution in [2.45, 2.75) is 67.9 Å². The van der Waals surface area contributed by atoms with Gasteiger partial charge in [-0.05, 0) is 76.9 Å². The van der Waals surface area contributed by atoms with Crippen LogP contribution in [0.3, 0.4) is 0 Å². The van der Waals surface area contributed by atoms with Crippen molar-refractivity contribution in [3.8, 4) is 0 Å². The molecule has 0 bridgehead atoms. The molecule has 1 N–H and O–H groups in total. The number of unbranched alkanes of at least 4 members (excludes halogenated alkanes) is 2. The third kappa shape index (κ3) is 6.34. The number of aromatic nitrogens is 1. The minimum Gasteiger partial charge on any atom is -0.444 e. The summed E-state index contributed by atoms with van der Waals surface area (Å²) in [6.45, 7) is 9.06. The topological polar surface area (TPSA) is 57.7 Å². The van der Waals surface area contributed by atoms with E-state index < -0.39 is 5.60 Å². The number of halogens is 1. The molecule has 1 fully saturated rings. The summed E-state index contributed by atoms with van der Waals surface area (Å²) < 4.78 is 5.48. The van der Waals surface area contributed by atoms with Gasteiger partial charge in [0.2, 0.25) is 0 Å². The first-order chi connectivity index (χ1) is 15.8. The van der Waals surface area contributed by atoms with E-state index >= 15 is 0 Å². The molecule has 0 radical (unpaired) electrons. The minimum atomic E-state index is -0.447. The van der Waals surface area contributed by atoms with Crippen LogP contribution in [0.5, 0.6) is 0 Å². The molecule has 2 aliphatic rings. The summed E-state index contributed by atoms with van der Waals surface area (Å²) in [6, 6.07) is 10.6. The molecule has 1 aromatic carbocycles. The van der Waals surface area contributed by atoms with Gasteiger partial charge in [-0.3, -0.25) is 0 Å². The van der Waals surface area contributed by atoms with Crippen LogP contribution < -0.4 is 10.2 Å². The SMILES string of the molecule is CC(C)(C)OC(=O)N1CCC(NCCCCCN2c3cc(Cl)ccc3Sc3cccnc32)C1. The predicted octanol–water partition coefficient (Wildman–Crippen LogP) is 6.11. The van der Waals surface area contributed by atoms with Gasteiger partial charge in [-0.1, -0.05) is 29.8 Å². The highest BCUT2D eigenvalue weighted by atomic mass is 35.5. The third-order valence-electron chi connectivity index (χ3n) is 5.77.